The number of hydrogen-bond acceptors (Lipinski definition) is 4. The van der Waals surface area contributed by atoms with E-state index in [1.54, 1.807) is 32.5 Å². The molecule has 0 saturated carbocycles. The van der Waals surface area contributed by atoms with Crippen LogP contribution < -0.4 is 4.74 Å². The van der Waals surface area contributed by atoms with E-state index in [-0.39, 0.29) is 24.1 Å². The zero-order valence-electron chi connectivity index (χ0n) is 11.9. The molecule has 20 heavy (non-hydrogen) atoms. The normalized spacial score (nSPS) is 28.5. The molecular formula is C15H20N2O3. The lowest BCUT2D eigenvalue weighted by atomic mass is 9.98. The molecule has 0 aliphatic carbocycles. The molecule has 3 rings (SSSR count). The van der Waals surface area contributed by atoms with Crippen molar-refractivity contribution in [2.24, 2.45) is 0 Å². The van der Waals surface area contributed by atoms with Crippen molar-refractivity contribution in [3.8, 4) is 5.88 Å². The minimum Gasteiger partial charge on any atom is -0.480 e. The van der Waals surface area contributed by atoms with Gasteiger partial charge in [-0.05, 0) is 37.8 Å². The molecule has 0 aromatic carbocycles. The van der Waals surface area contributed by atoms with E-state index in [1.165, 1.54) is 0 Å². The van der Waals surface area contributed by atoms with Gasteiger partial charge >= 0.3 is 0 Å². The van der Waals surface area contributed by atoms with Crippen LogP contribution in [0.25, 0.3) is 0 Å². The van der Waals surface area contributed by atoms with Gasteiger partial charge in [0.1, 0.15) is 5.56 Å². The second-order valence-electron chi connectivity index (χ2n) is 5.49. The van der Waals surface area contributed by atoms with Crippen molar-refractivity contribution in [1.29, 1.82) is 0 Å². The predicted octanol–water partition coefficient (Wildman–Crippen LogP) is 1.87. The molecule has 3 heterocycles. The summed E-state index contributed by atoms with van der Waals surface area (Å²) in [4.78, 5) is 18.9. The highest BCUT2D eigenvalue weighted by Crippen LogP contribution is 2.38. The van der Waals surface area contributed by atoms with Crippen LogP contribution in [0, 0.1) is 0 Å². The van der Waals surface area contributed by atoms with Crippen LogP contribution in [0.1, 0.15) is 36.0 Å². The monoisotopic (exact) mass is 276 g/mol. The Balaban J connectivity index is 1.85. The highest BCUT2D eigenvalue weighted by atomic mass is 16.5. The molecule has 2 unspecified atom stereocenters. The number of fused-ring (bicyclic) bond motifs is 2. The van der Waals surface area contributed by atoms with Crippen LogP contribution in [0.3, 0.4) is 0 Å². The van der Waals surface area contributed by atoms with Crippen molar-refractivity contribution in [3.05, 3.63) is 23.9 Å². The van der Waals surface area contributed by atoms with Crippen molar-refractivity contribution in [2.75, 3.05) is 14.2 Å². The maximum absolute atomic E-state index is 12.8. The molecule has 2 bridgehead atoms. The summed E-state index contributed by atoms with van der Waals surface area (Å²) in [6, 6.07) is 4.14. The molecule has 1 amide bonds. The molecular weight excluding hydrogens is 256 g/mol. The molecule has 2 aliphatic rings. The SMILES string of the molecule is COc1ncccc1C(=O)N1C2CCC1CC(OC)C2. The fourth-order valence-corrected chi connectivity index (χ4v) is 3.51. The van der Waals surface area contributed by atoms with Gasteiger partial charge in [0, 0.05) is 25.4 Å². The molecule has 5 nitrogen and oxygen atoms in total. The molecule has 2 atom stereocenters. The summed E-state index contributed by atoms with van der Waals surface area (Å²) in [5.41, 5.74) is 0.558. The van der Waals surface area contributed by atoms with Gasteiger partial charge < -0.3 is 14.4 Å². The number of methoxy groups -OCH3 is 2. The molecule has 2 fully saturated rings. The molecule has 2 saturated heterocycles. The van der Waals surface area contributed by atoms with Crippen molar-refractivity contribution < 1.29 is 14.3 Å². The van der Waals surface area contributed by atoms with E-state index in [1.807, 2.05) is 4.90 Å². The predicted molar refractivity (Wildman–Crippen MR) is 73.8 cm³/mol. The molecule has 0 spiro atoms. The fraction of sp³-hybridized carbons (Fsp3) is 0.600. The zero-order valence-corrected chi connectivity index (χ0v) is 11.9. The van der Waals surface area contributed by atoms with Crippen LogP contribution in [-0.2, 0) is 4.74 Å². The number of pyridine rings is 1. The molecule has 108 valence electrons. The average Bonchev–Trinajstić information content (AvgIpc) is 2.76. The molecule has 1 aromatic heterocycles. The van der Waals surface area contributed by atoms with E-state index in [4.69, 9.17) is 9.47 Å². The highest BCUT2D eigenvalue weighted by Gasteiger charge is 2.44. The topological polar surface area (TPSA) is 51.7 Å². The van der Waals surface area contributed by atoms with E-state index in [0.29, 0.717) is 11.4 Å². The number of carbonyl (C=O) groups is 1. The highest BCUT2D eigenvalue weighted by molar-refractivity contribution is 5.97. The summed E-state index contributed by atoms with van der Waals surface area (Å²) in [7, 11) is 3.30. The molecule has 0 N–H and O–H groups in total. The van der Waals surface area contributed by atoms with Gasteiger partial charge in [0.2, 0.25) is 5.88 Å². The van der Waals surface area contributed by atoms with Gasteiger partial charge in [0.15, 0.2) is 0 Å². The Bertz CT molecular complexity index is 492. The Morgan fingerprint density at radius 1 is 1.30 bits per heavy atom. The first-order valence-corrected chi connectivity index (χ1v) is 7.09. The lowest BCUT2D eigenvalue weighted by Gasteiger charge is -2.38. The number of nitrogens with zero attached hydrogens (tertiary/aromatic N) is 2. The van der Waals surface area contributed by atoms with E-state index in [9.17, 15) is 4.79 Å². The first-order valence-electron chi connectivity index (χ1n) is 7.09. The first kappa shape index (κ1) is 13.4. The van der Waals surface area contributed by atoms with Gasteiger partial charge in [-0.2, -0.15) is 0 Å². The number of ether oxygens (including phenoxy) is 2. The largest absolute Gasteiger partial charge is 0.480 e. The minimum atomic E-state index is 0.0389. The van der Waals surface area contributed by atoms with E-state index < -0.39 is 0 Å². The number of hydrogen-bond donors (Lipinski definition) is 0. The number of rotatable bonds is 3. The maximum Gasteiger partial charge on any atom is 0.259 e. The Morgan fingerprint density at radius 3 is 2.60 bits per heavy atom. The zero-order chi connectivity index (χ0) is 14.1. The lowest BCUT2D eigenvalue weighted by molar-refractivity contribution is 0.00806. The van der Waals surface area contributed by atoms with Crippen LogP contribution in [0.15, 0.2) is 18.3 Å². The Morgan fingerprint density at radius 2 is 2.00 bits per heavy atom. The summed E-state index contributed by atoms with van der Waals surface area (Å²) >= 11 is 0. The van der Waals surface area contributed by atoms with Crippen molar-refractivity contribution in [1.82, 2.24) is 9.88 Å². The van der Waals surface area contributed by atoms with E-state index in [0.717, 1.165) is 25.7 Å². The summed E-state index contributed by atoms with van der Waals surface area (Å²) in [6.45, 7) is 0. The maximum atomic E-state index is 12.8. The van der Waals surface area contributed by atoms with Crippen LogP contribution in [-0.4, -0.2) is 48.2 Å². The third kappa shape index (κ3) is 2.16. The van der Waals surface area contributed by atoms with Crippen molar-refractivity contribution >= 4 is 5.91 Å². The van der Waals surface area contributed by atoms with Crippen LogP contribution in [0.5, 0.6) is 5.88 Å². The van der Waals surface area contributed by atoms with Gasteiger partial charge in [-0.3, -0.25) is 4.79 Å². The molecule has 1 aromatic rings. The average molecular weight is 276 g/mol. The molecule has 2 aliphatic heterocycles. The smallest absolute Gasteiger partial charge is 0.259 e. The van der Waals surface area contributed by atoms with Gasteiger partial charge in [0.25, 0.3) is 5.91 Å². The van der Waals surface area contributed by atoms with E-state index >= 15 is 0 Å². The summed E-state index contributed by atoms with van der Waals surface area (Å²) in [5.74, 6) is 0.447. The summed E-state index contributed by atoms with van der Waals surface area (Å²) in [6.07, 6.45) is 5.93. The van der Waals surface area contributed by atoms with Crippen LogP contribution >= 0.6 is 0 Å². The van der Waals surface area contributed by atoms with E-state index in [2.05, 4.69) is 4.98 Å². The van der Waals surface area contributed by atoms with Gasteiger partial charge in [-0.25, -0.2) is 4.98 Å². The number of piperidine rings is 1. The second kappa shape index (κ2) is 5.40. The van der Waals surface area contributed by atoms with Crippen LogP contribution in [0.4, 0.5) is 0 Å². The summed E-state index contributed by atoms with van der Waals surface area (Å²) in [5, 5.41) is 0. The Kier molecular flexibility index (Phi) is 3.61. The van der Waals surface area contributed by atoms with Crippen molar-refractivity contribution in [2.45, 2.75) is 43.9 Å². The number of amides is 1. The third-order valence-electron chi connectivity index (χ3n) is 4.45. The quantitative estimate of drug-likeness (QED) is 0.845. The Hall–Kier alpha value is -1.62. The molecule has 5 heteroatoms. The lowest BCUT2D eigenvalue weighted by Crippen LogP contribution is -2.48. The van der Waals surface area contributed by atoms with Gasteiger partial charge in [-0.1, -0.05) is 0 Å². The first-order chi connectivity index (χ1) is 9.74. The molecule has 0 radical (unpaired) electrons. The third-order valence-corrected chi connectivity index (χ3v) is 4.45. The number of aromatic nitrogens is 1. The standard InChI is InChI=1S/C15H20N2O3/c1-19-12-8-10-5-6-11(9-12)17(10)15(18)13-4-3-7-16-14(13)20-2/h3-4,7,10-12H,5-6,8-9H2,1-2H3. The van der Waals surface area contributed by atoms with Gasteiger partial charge in [-0.15, -0.1) is 0 Å². The number of carbonyl (C=O) groups excluding carboxylic acids is 1. The Labute approximate surface area is 118 Å². The fourth-order valence-electron chi connectivity index (χ4n) is 3.51. The van der Waals surface area contributed by atoms with Crippen molar-refractivity contribution in [3.63, 3.8) is 0 Å². The minimum absolute atomic E-state index is 0.0389. The summed E-state index contributed by atoms with van der Waals surface area (Å²) < 4.78 is 10.7. The van der Waals surface area contributed by atoms with Gasteiger partial charge in [0.05, 0.1) is 13.2 Å². The van der Waals surface area contributed by atoms with Crippen LogP contribution in [0.2, 0.25) is 0 Å². The second-order valence-corrected chi connectivity index (χ2v) is 5.49.